The fourth-order valence-electron chi connectivity index (χ4n) is 2.42. The van der Waals surface area contributed by atoms with E-state index in [4.69, 9.17) is 4.74 Å². The first-order chi connectivity index (χ1) is 13.6. The lowest BCUT2D eigenvalue weighted by Gasteiger charge is -2.04. The van der Waals surface area contributed by atoms with E-state index in [9.17, 15) is 9.59 Å². The normalized spacial score (nSPS) is 10.5. The zero-order chi connectivity index (χ0) is 19.8. The lowest BCUT2D eigenvalue weighted by molar-refractivity contribution is -0.139. The van der Waals surface area contributed by atoms with Crippen molar-refractivity contribution in [2.75, 3.05) is 17.7 Å². The van der Waals surface area contributed by atoms with E-state index in [0.717, 1.165) is 12.0 Å². The first-order valence-electron chi connectivity index (χ1n) is 8.70. The van der Waals surface area contributed by atoms with Crippen LogP contribution in [0.2, 0.25) is 0 Å². The van der Waals surface area contributed by atoms with Gasteiger partial charge in [0.05, 0.1) is 12.4 Å². The van der Waals surface area contributed by atoms with Crippen molar-refractivity contribution in [2.24, 2.45) is 0 Å². The molecule has 0 bridgehead atoms. The van der Waals surface area contributed by atoms with Crippen molar-refractivity contribution in [1.82, 2.24) is 10.2 Å². The molecule has 1 heterocycles. The molecule has 28 heavy (non-hydrogen) atoms. The second-order valence-corrected chi connectivity index (χ2v) is 7.98. The Bertz CT molecular complexity index is 927. The van der Waals surface area contributed by atoms with Crippen LogP contribution < -0.4 is 5.32 Å². The topological polar surface area (TPSA) is 81.2 Å². The quantitative estimate of drug-likeness (QED) is 0.341. The third kappa shape index (κ3) is 5.90. The number of hydrogen-bond acceptors (Lipinski definition) is 7. The van der Waals surface area contributed by atoms with E-state index in [-0.39, 0.29) is 17.6 Å². The fraction of sp³-hybridized carbons (Fsp3) is 0.200. The van der Waals surface area contributed by atoms with E-state index < -0.39 is 0 Å². The number of thioether (sulfide) groups is 1. The van der Waals surface area contributed by atoms with Gasteiger partial charge in [0.25, 0.3) is 5.91 Å². The van der Waals surface area contributed by atoms with Crippen LogP contribution in [0.3, 0.4) is 0 Å². The monoisotopic (exact) mass is 413 g/mol. The van der Waals surface area contributed by atoms with Crippen molar-refractivity contribution in [3.8, 4) is 0 Å². The Kier molecular flexibility index (Phi) is 7.16. The van der Waals surface area contributed by atoms with E-state index in [1.807, 2.05) is 30.3 Å². The molecule has 144 valence electrons. The van der Waals surface area contributed by atoms with Crippen LogP contribution in [0.1, 0.15) is 28.4 Å². The Morgan fingerprint density at radius 2 is 1.75 bits per heavy atom. The summed E-state index contributed by atoms with van der Waals surface area (Å²) in [7, 11) is 0. The van der Waals surface area contributed by atoms with E-state index in [1.54, 1.807) is 19.1 Å². The summed E-state index contributed by atoms with van der Waals surface area (Å²) >= 11 is 2.46. The smallest absolute Gasteiger partial charge is 0.316 e. The highest BCUT2D eigenvalue weighted by Crippen LogP contribution is 2.26. The first kappa shape index (κ1) is 20.0. The SMILES string of the molecule is CCOC(=O)CSc1nnc(NC(=O)c2ccc(Cc3ccccc3)cc2)s1. The first-order valence-corrected chi connectivity index (χ1v) is 10.5. The highest BCUT2D eigenvalue weighted by atomic mass is 32.2. The van der Waals surface area contributed by atoms with Gasteiger partial charge in [-0.15, -0.1) is 10.2 Å². The minimum Gasteiger partial charge on any atom is -0.465 e. The lowest BCUT2D eigenvalue weighted by Crippen LogP contribution is -2.11. The summed E-state index contributed by atoms with van der Waals surface area (Å²) in [5.74, 6) is -0.382. The minimum atomic E-state index is -0.302. The maximum atomic E-state index is 12.4. The van der Waals surface area contributed by atoms with Crippen LogP contribution in [0.25, 0.3) is 0 Å². The van der Waals surface area contributed by atoms with Gasteiger partial charge in [0.15, 0.2) is 4.34 Å². The van der Waals surface area contributed by atoms with Gasteiger partial charge in [0.1, 0.15) is 0 Å². The summed E-state index contributed by atoms with van der Waals surface area (Å²) in [6.45, 7) is 2.11. The van der Waals surface area contributed by atoms with Crippen molar-refractivity contribution in [3.63, 3.8) is 0 Å². The molecule has 8 heteroatoms. The molecular formula is C20H19N3O3S2. The van der Waals surface area contributed by atoms with Crippen LogP contribution in [-0.2, 0) is 16.0 Å². The number of benzene rings is 2. The van der Waals surface area contributed by atoms with Crippen LogP contribution >= 0.6 is 23.1 Å². The van der Waals surface area contributed by atoms with Crippen LogP contribution in [0.15, 0.2) is 58.9 Å². The van der Waals surface area contributed by atoms with Crippen LogP contribution in [0.4, 0.5) is 5.13 Å². The van der Waals surface area contributed by atoms with Crippen molar-refractivity contribution < 1.29 is 14.3 Å². The average molecular weight is 414 g/mol. The fourth-order valence-corrected chi connectivity index (χ4v) is 3.96. The summed E-state index contributed by atoms with van der Waals surface area (Å²) in [4.78, 5) is 23.8. The van der Waals surface area contributed by atoms with Gasteiger partial charge in [-0.3, -0.25) is 14.9 Å². The molecule has 0 unspecified atom stereocenters. The van der Waals surface area contributed by atoms with Crippen LogP contribution in [0, 0.1) is 0 Å². The Balaban J connectivity index is 1.54. The van der Waals surface area contributed by atoms with Gasteiger partial charge in [-0.2, -0.15) is 0 Å². The molecule has 1 amide bonds. The highest BCUT2D eigenvalue weighted by molar-refractivity contribution is 8.01. The Labute approximate surface area is 171 Å². The van der Waals surface area contributed by atoms with Gasteiger partial charge in [-0.25, -0.2) is 0 Å². The van der Waals surface area contributed by atoms with Gasteiger partial charge in [0, 0.05) is 5.56 Å². The molecule has 0 atom stereocenters. The van der Waals surface area contributed by atoms with Crippen LogP contribution in [0.5, 0.6) is 0 Å². The lowest BCUT2D eigenvalue weighted by atomic mass is 10.0. The molecule has 0 saturated carbocycles. The summed E-state index contributed by atoms with van der Waals surface area (Å²) in [5, 5.41) is 11.0. The number of hydrogen-bond donors (Lipinski definition) is 1. The van der Waals surface area contributed by atoms with Crippen molar-refractivity contribution in [1.29, 1.82) is 0 Å². The van der Waals surface area contributed by atoms with Gasteiger partial charge in [-0.05, 0) is 36.6 Å². The van der Waals surface area contributed by atoms with Crippen LogP contribution in [-0.4, -0.2) is 34.4 Å². The van der Waals surface area contributed by atoms with Crippen molar-refractivity contribution in [3.05, 3.63) is 71.3 Å². The molecule has 0 spiro atoms. The predicted molar refractivity (Wildman–Crippen MR) is 111 cm³/mol. The molecule has 1 aromatic heterocycles. The van der Waals surface area contributed by atoms with E-state index in [1.165, 1.54) is 28.7 Å². The van der Waals surface area contributed by atoms with E-state index in [0.29, 0.717) is 21.6 Å². The summed E-state index contributed by atoms with van der Waals surface area (Å²) in [6.07, 6.45) is 0.820. The summed E-state index contributed by atoms with van der Waals surface area (Å²) in [5.41, 5.74) is 2.91. The maximum absolute atomic E-state index is 12.4. The number of ether oxygens (including phenoxy) is 1. The molecule has 0 aliphatic rings. The molecule has 3 rings (SSSR count). The van der Waals surface area contributed by atoms with E-state index >= 15 is 0 Å². The highest BCUT2D eigenvalue weighted by Gasteiger charge is 2.12. The summed E-state index contributed by atoms with van der Waals surface area (Å²) in [6, 6.07) is 17.7. The van der Waals surface area contributed by atoms with E-state index in [2.05, 4.69) is 27.6 Å². The van der Waals surface area contributed by atoms with Crippen molar-refractivity contribution in [2.45, 2.75) is 17.7 Å². The number of amides is 1. The standard InChI is InChI=1S/C20H19N3O3S2/c1-2-26-17(24)13-27-20-23-22-19(28-20)21-18(25)16-10-8-15(9-11-16)12-14-6-4-3-5-7-14/h3-11H,2,12-13H2,1H3,(H,21,22,25). The second-order valence-electron chi connectivity index (χ2n) is 5.78. The van der Waals surface area contributed by atoms with Crippen molar-refractivity contribution >= 4 is 40.1 Å². The number of nitrogens with zero attached hydrogens (tertiary/aromatic N) is 2. The van der Waals surface area contributed by atoms with Gasteiger partial charge in [-0.1, -0.05) is 65.6 Å². The number of nitrogens with one attached hydrogen (secondary N) is 1. The number of esters is 1. The number of carbonyl (C=O) groups excluding carboxylic acids is 2. The summed E-state index contributed by atoms with van der Waals surface area (Å²) < 4.78 is 5.47. The molecule has 0 radical (unpaired) electrons. The average Bonchev–Trinajstić information content (AvgIpc) is 3.15. The minimum absolute atomic E-state index is 0.166. The third-order valence-corrected chi connectivity index (χ3v) is 5.66. The van der Waals surface area contributed by atoms with Gasteiger partial charge in [0.2, 0.25) is 5.13 Å². The molecule has 0 aliphatic carbocycles. The molecule has 0 aliphatic heterocycles. The number of carbonyl (C=O) groups is 2. The zero-order valence-electron chi connectivity index (χ0n) is 15.3. The molecule has 6 nitrogen and oxygen atoms in total. The largest absolute Gasteiger partial charge is 0.465 e. The number of aromatic nitrogens is 2. The molecule has 2 aromatic carbocycles. The Morgan fingerprint density at radius 3 is 2.46 bits per heavy atom. The molecular weight excluding hydrogens is 394 g/mol. The Hall–Kier alpha value is -2.71. The number of anilines is 1. The second kappa shape index (κ2) is 10.0. The van der Waals surface area contributed by atoms with Gasteiger partial charge >= 0.3 is 5.97 Å². The van der Waals surface area contributed by atoms with Gasteiger partial charge < -0.3 is 4.74 Å². The molecule has 3 aromatic rings. The number of rotatable bonds is 8. The molecule has 0 fully saturated rings. The Morgan fingerprint density at radius 1 is 1.04 bits per heavy atom. The predicted octanol–water partition coefficient (Wildman–Crippen LogP) is 4.04. The third-order valence-electron chi connectivity index (χ3n) is 3.71. The molecule has 1 N–H and O–H groups in total. The maximum Gasteiger partial charge on any atom is 0.316 e. The molecule has 0 saturated heterocycles. The zero-order valence-corrected chi connectivity index (χ0v) is 16.9.